The summed E-state index contributed by atoms with van der Waals surface area (Å²) >= 11 is 0. The zero-order valence-electron chi connectivity index (χ0n) is 21.7. The topological polar surface area (TPSA) is 241 Å². The predicted octanol–water partition coefficient (Wildman–Crippen LogP) is -2.27. The molecular formula is C24H39FN8O5. The van der Waals surface area contributed by atoms with Crippen molar-refractivity contribution >= 4 is 29.6 Å². The fourth-order valence-electron chi connectivity index (χ4n) is 3.45. The lowest BCUT2D eigenvalue weighted by Crippen LogP contribution is -2.58. The molecule has 4 amide bonds. The fraction of sp³-hybridized carbons (Fsp3) is 0.542. The van der Waals surface area contributed by atoms with E-state index in [1.54, 1.807) is 0 Å². The maximum atomic E-state index is 13.4. The number of benzene rings is 1. The molecule has 1 rings (SSSR count). The van der Waals surface area contributed by atoms with Crippen LogP contribution in [-0.2, 0) is 25.6 Å². The van der Waals surface area contributed by atoms with Crippen LogP contribution in [0, 0.1) is 11.7 Å². The number of carbonyl (C=O) groups excluding carboxylic acids is 4. The third-order valence-corrected chi connectivity index (χ3v) is 5.47. The third-order valence-electron chi connectivity index (χ3n) is 5.47. The van der Waals surface area contributed by atoms with Crippen LogP contribution in [0.3, 0.4) is 0 Å². The zero-order chi connectivity index (χ0) is 28.8. The lowest BCUT2D eigenvalue weighted by atomic mass is 10.00. The number of nitrogens with one attached hydrogen (secondary N) is 3. The zero-order valence-corrected chi connectivity index (χ0v) is 21.7. The molecule has 12 N–H and O–H groups in total. The van der Waals surface area contributed by atoms with Gasteiger partial charge in [0.1, 0.15) is 23.9 Å². The number of carbonyl (C=O) groups is 4. The number of aliphatic hydroxyl groups excluding tert-OH is 1. The standard InChI is InChI=1S/C24H39FN8O5/c1-13(2)10-17(31-21(36)16(26)4-3-9-30-24(28)29)22(37)32-18(11-14-5-7-15(25)8-6-14)23(38)33-19(12-34)20(27)35/h5-8,13,16-19,34H,3-4,9-12,26H2,1-2H3,(H2,27,35)(H,31,36)(H,32,37)(H,33,38)(H4,28,29,30)/t16-,17-,18-,19-/m0/s1. The van der Waals surface area contributed by atoms with Crippen molar-refractivity contribution in [3.63, 3.8) is 0 Å². The Morgan fingerprint density at radius 3 is 2.00 bits per heavy atom. The van der Waals surface area contributed by atoms with E-state index in [0.717, 1.165) is 0 Å². The molecule has 0 radical (unpaired) electrons. The summed E-state index contributed by atoms with van der Waals surface area (Å²) in [5, 5.41) is 16.8. The van der Waals surface area contributed by atoms with Crippen molar-refractivity contribution in [3.05, 3.63) is 35.6 Å². The average Bonchev–Trinajstić information content (AvgIpc) is 2.84. The highest BCUT2D eigenvalue weighted by atomic mass is 19.1. The number of hydrogen-bond donors (Lipinski definition) is 8. The molecular weight excluding hydrogens is 499 g/mol. The van der Waals surface area contributed by atoms with Gasteiger partial charge in [-0.25, -0.2) is 4.39 Å². The van der Waals surface area contributed by atoms with Crippen LogP contribution in [0.15, 0.2) is 29.3 Å². The van der Waals surface area contributed by atoms with Gasteiger partial charge in [-0.15, -0.1) is 0 Å². The highest BCUT2D eigenvalue weighted by Crippen LogP contribution is 2.10. The summed E-state index contributed by atoms with van der Waals surface area (Å²) in [6.07, 6.45) is 0.883. The normalized spacial score (nSPS) is 14.1. The van der Waals surface area contributed by atoms with E-state index in [-0.39, 0.29) is 31.1 Å². The van der Waals surface area contributed by atoms with Gasteiger partial charge in [-0.3, -0.25) is 24.2 Å². The third kappa shape index (κ3) is 12.0. The van der Waals surface area contributed by atoms with Crippen LogP contribution in [0.1, 0.15) is 38.7 Å². The second-order valence-corrected chi connectivity index (χ2v) is 9.28. The van der Waals surface area contributed by atoms with Crippen LogP contribution in [0.5, 0.6) is 0 Å². The van der Waals surface area contributed by atoms with Gasteiger partial charge < -0.3 is 44.0 Å². The molecule has 14 heteroatoms. The molecule has 0 fully saturated rings. The Bertz CT molecular complexity index is 969. The van der Waals surface area contributed by atoms with Crippen molar-refractivity contribution in [1.29, 1.82) is 0 Å². The van der Waals surface area contributed by atoms with Crippen molar-refractivity contribution in [1.82, 2.24) is 16.0 Å². The van der Waals surface area contributed by atoms with Crippen molar-refractivity contribution in [2.45, 2.75) is 63.7 Å². The van der Waals surface area contributed by atoms with E-state index in [9.17, 15) is 28.7 Å². The highest BCUT2D eigenvalue weighted by molar-refractivity contribution is 5.94. The molecule has 1 aromatic rings. The largest absolute Gasteiger partial charge is 0.394 e. The first-order chi connectivity index (χ1) is 17.8. The molecule has 13 nitrogen and oxygen atoms in total. The van der Waals surface area contributed by atoms with Gasteiger partial charge >= 0.3 is 0 Å². The van der Waals surface area contributed by atoms with Crippen LogP contribution in [0.25, 0.3) is 0 Å². The Labute approximate surface area is 221 Å². The van der Waals surface area contributed by atoms with Gasteiger partial charge in [0.05, 0.1) is 12.6 Å². The number of aliphatic imine (C=N–C) groups is 1. The number of rotatable bonds is 16. The maximum Gasteiger partial charge on any atom is 0.243 e. The minimum absolute atomic E-state index is 0.0119. The molecule has 0 aliphatic rings. The van der Waals surface area contributed by atoms with Gasteiger partial charge in [0.25, 0.3) is 0 Å². The van der Waals surface area contributed by atoms with E-state index in [0.29, 0.717) is 18.5 Å². The summed E-state index contributed by atoms with van der Waals surface area (Å²) in [4.78, 5) is 54.2. The molecule has 212 valence electrons. The van der Waals surface area contributed by atoms with E-state index in [4.69, 9.17) is 22.9 Å². The van der Waals surface area contributed by atoms with Gasteiger partial charge in [-0.2, -0.15) is 0 Å². The molecule has 0 aliphatic heterocycles. The second kappa shape index (κ2) is 16.1. The Morgan fingerprint density at radius 2 is 1.47 bits per heavy atom. The summed E-state index contributed by atoms with van der Waals surface area (Å²) in [5.74, 6) is -3.56. The smallest absolute Gasteiger partial charge is 0.243 e. The van der Waals surface area contributed by atoms with Crippen molar-refractivity contribution in [2.24, 2.45) is 33.8 Å². The minimum Gasteiger partial charge on any atom is -0.394 e. The molecule has 1 aromatic carbocycles. The second-order valence-electron chi connectivity index (χ2n) is 9.28. The van der Waals surface area contributed by atoms with E-state index in [1.807, 2.05) is 13.8 Å². The van der Waals surface area contributed by atoms with E-state index in [2.05, 4.69) is 20.9 Å². The lowest BCUT2D eigenvalue weighted by molar-refractivity contribution is -0.134. The fourth-order valence-corrected chi connectivity index (χ4v) is 3.45. The molecule has 0 aliphatic carbocycles. The SMILES string of the molecule is CC(C)C[C@H](NC(=O)[C@@H](N)CCCN=C(N)N)C(=O)N[C@@H](Cc1ccc(F)cc1)C(=O)N[C@@H](CO)C(N)=O. The minimum atomic E-state index is -1.38. The van der Waals surface area contributed by atoms with Crippen molar-refractivity contribution in [3.8, 4) is 0 Å². The van der Waals surface area contributed by atoms with Crippen molar-refractivity contribution < 1.29 is 28.7 Å². The molecule has 0 unspecified atom stereocenters. The molecule has 38 heavy (non-hydrogen) atoms. The molecule has 0 saturated heterocycles. The van der Waals surface area contributed by atoms with Gasteiger partial charge in [0.2, 0.25) is 23.6 Å². The molecule has 0 aromatic heterocycles. The maximum absolute atomic E-state index is 13.4. The number of guanidine groups is 1. The first-order valence-corrected chi connectivity index (χ1v) is 12.2. The molecule has 0 spiro atoms. The monoisotopic (exact) mass is 538 g/mol. The molecule has 0 heterocycles. The number of hydrogen-bond acceptors (Lipinski definition) is 7. The Hall–Kier alpha value is -3.78. The number of nitrogens with zero attached hydrogens (tertiary/aromatic N) is 1. The van der Waals surface area contributed by atoms with Gasteiger partial charge in [-0.05, 0) is 42.9 Å². The average molecular weight is 539 g/mol. The van der Waals surface area contributed by atoms with E-state index < -0.39 is 60.2 Å². The number of amides is 4. The number of nitrogens with two attached hydrogens (primary N) is 4. The summed E-state index contributed by atoms with van der Waals surface area (Å²) in [7, 11) is 0. The summed E-state index contributed by atoms with van der Waals surface area (Å²) in [6, 6.07) is 0.706. The Kier molecular flexibility index (Phi) is 13.7. The lowest BCUT2D eigenvalue weighted by Gasteiger charge is -2.26. The molecule has 4 atom stereocenters. The van der Waals surface area contributed by atoms with Crippen LogP contribution in [0.2, 0.25) is 0 Å². The predicted molar refractivity (Wildman–Crippen MR) is 140 cm³/mol. The quantitative estimate of drug-likeness (QED) is 0.0646. The highest BCUT2D eigenvalue weighted by Gasteiger charge is 2.30. The van der Waals surface area contributed by atoms with Gasteiger partial charge in [-0.1, -0.05) is 26.0 Å². The van der Waals surface area contributed by atoms with Gasteiger partial charge in [0.15, 0.2) is 5.96 Å². The van der Waals surface area contributed by atoms with Gasteiger partial charge in [0, 0.05) is 13.0 Å². The van der Waals surface area contributed by atoms with Crippen LogP contribution < -0.4 is 38.9 Å². The number of aliphatic hydroxyl groups is 1. The van der Waals surface area contributed by atoms with E-state index in [1.165, 1.54) is 24.3 Å². The van der Waals surface area contributed by atoms with Crippen molar-refractivity contribution in [2.75, 3.05) is 13.2 Å². The van der Waals surface area contributed by atoms with Crippen LogP contribution >= 0.6 is 0 Å². The molecule has 0 saturated carbocycles. The first-order valence-electron chi connectivity index (χ1n) is 12.2. The Morgan fingerprint density at radius 1 is 0.921 bits per heavy atom. The number of halogens is 1. The van der Waals surface area contributed by atoms with Crippen LogP contribution in [0.4, 0.5) is 4.39 Å². The summed E-state index contributed by atoms with van der Waals surface area (Å²) < 4.78 is 13.4. The summed E-state index contributed by atoms with van der Waals surface area (Å²) in [5.41, 5.74) is 22.2. The van der Waals surface area contributed by atoms with Crippen LogP contribution in [-0.4, -0.2) is 72.0 Å². The Balaban J connectivity index is 3.03. The molecule has 0 bridgehead atoms. The van der Waals surface area contributed by atoms with E-state index >= 15 is 0 Å². The number of primary amides is 1. The summed E-state index contributed by atoms with van der Waals surface area (Å²) in [6.45, 7) is 3.25. The first kappa shape index (κ1) is 32.2.